The summed E-state index contributed by atoms with van der Waals surface area (Å²) in [4.78, 5) is 21.5. The molecule has 0 rings (SSSR count). The SMILES string of the molecule is C=C(C)COCCNC(=O)NCCCCC(=O)O. The summed E-state index contributed by atoms with van der Waals surface area (Å²) in [5.74, 6) is -0.811. The average Bonchev–Trinajstić information content (AvgIpc) is 2.27. The van der Waals surface area contributed by atoms with Crippen LogP contribution in [0.3, 0.4) is 0 Å². The van der Waals surface area contributed by atoms with Gasteiger partial charge in [-0.05, 0) is 19.8 Å². The molecule has 2 amide bonds. The lowest BCUT2D eigenvalue weighted by Gasteiger charge is -2.07. The van der Waals surface area contributed by atoms with Crippen LogP contribution in [-0.4, -0.2) is 43.4 Å². The number of rotatable bonds is 10. The van der Waals surface area contributed by atoms with Crippen molar-refractivity contribution in [1.82, 2.24) is 10.6 Å². The summed E-state index contributed by atoms with van der Waals surface area (Å²) in [5, 5.41) is 13.7. The molecule has 0 saturated heterocycles. The molecule has 0 aliphatic carbocycles. The van der Waals surface area contributed by atoms with Crippen molar-refractivity contribution >= 4 is 12.0 Å². The van der Waals surface area contributed by atoms with Gasteiger partial charge in [0.1, 0.15) is 0 Å². The maximum absolute atomic E-state index is 11.2. The first kappa shape index (κ1) is 16.4. The number of aliphatic carboxylic acids is 1. The van der Waals surface area contributed by atoms with Gasteiger partial charge in [0.15, 0.2) is 0 Å². The fraction of sp³-hybridized carbons (Fsp3) is 0.667. The zero-order valence-corrected chi connectivity index (χ0v) is 10.8. The molecule has 0 spiro atoms. The summed E-state index contributed by atoms with van der Waals surface area (Å²) in [6.45, 7) is 7.42. The summed E-state index contributed by atoms with van der Waals surface area (Å²) in [6.07, 6.45) is 1.36. The fourth-order valence-electron chi connectivity index (χ4n) is 1.15. The van der Waals surface area contributed by atoms with E-state index in [-0.39, 0.29) is 12.5 Å². The van der Waals surface area contributed by atoms with E-state index in [9.17, 15) is 9.59 Å². The van der Waals surface area contributed by atoms with Crippen LogP contribution >= 0.6 is 0 Å². The second-order valence-corrected chi connectivity index (χ2v) is 4.04. The highest BCUT2D eigenvalue weighted by atomic mass is 16.5. The zero-order chi connectivity index (χ0) is 13.8. The van der Waals surface area contributed by atoms with Gasteiger partial charge in [0, 0.05) is 19.5 Å². The zero-order valence-electron chi connectivity index (χ0n) is 10.8. The number of amides is 2. The third-order valence-electron chi connectivity index (χ3n) is 1.98. The van der Waals surface area contributed by atoms with E-state index >= 15 is 0 Å². The van der Waals surface area contributed by atoms with Crippen molar-refractivity contribution in [2.24, 2.45) is 0 Å². The van der Waals surface area contributed by atoms with Gasteiger partial charge in [0.05, 0.1) is 13.2 Å². The Kier molecular flexibility index (Phi) is 9.67. The molecule has 18 heavy (non-hydrogen) atoms. The van der Waals surface area contributed by atoms with Crippen LogP contribution in [0.25, 0.3) is 0 Å². The molecule has 0 unspecified atom stereocenters. The van der Waals surface area contributed by atoms with Gasteiger partial charge >= 0.3 is 12.0 Å². The number of unbranched alkanes of at least 4 members (excludes halogenated alkanes) is 1. The molecule has 0 fully saturated rings. The fourth-order valence-corrected chi connectivity index (χ4v) is 1.15. The van der Waals surface area contributed by atoms with E-state index in [2.05, 4.69) is 17.2 Å². The summed E-state index contributed by atoms with van der Waals surface area (Å²) in [6, 6.07) is -0.260. The number of ether oxygens (including phenoxy) is 1. The van der Waals surface area contributed by atoms with Gasteiger partial charge in [-0.25, -0.2) is 4.79 Å². The summed E-state index contributed by atoms with van der Waals surface area (Å²) in [5.41, 5.74) is 0.942. The van der Waals surface area contributed by atoms with Crippen LogP contribution in [0.5, 0.6) is 0 Å². The monoisotopic (exact) mass is 258 g/mol. The highest BCUT2D eigenvalue weighted by molar-refractivity contribution is 5.73. The van der Waals surface area contributed by atoms with Crippen molar-refractivity contribution in [1.29, 1.82) is 0 Å². The second kappa shape index (κ2) is 10.6. The molecule has 0 bridgehead atoms. The lowest BCUT2D eigenvalue weighted by molar-refractivity contribution is -0.137. The minimum Gasteiger partial charge on any atom is -0.481 e. The van der Waals surface area contributed by atoms with Crippen molar-refractivity contribution in [3.8, 4) is 0 Å². The Morgan fingerprint density at radius 3 is 2.50 bits per heavy atom. The summed E-state index contributed by atoms with van der Waals surface area (Å²) in [7, 11) is 0. The van der Waals surface area contributed by atoms with E-state index in [1.165, 1.54) is 0 Å². The van der Waals surface area contributed by atoms with E-state index in [1.54, 1.807) is 0 Å². The molecule has 0 heterocycles. The molecule has 0 aliphatic heterocycles. The van der Waals surface area contributed by atoms with Crippen molar-refractivity contribution in [2.45, 2.75) is 26.2 Å². The Bertz CT molecular complexity index is 253. The molecule has 0 atom stereocenters. The minimum atomic E-state index is -0.811. The topological polar surface area (TPSA) is 87.7 Å². The van der Waals surface area contributed by atoms with Gasteiger partial charge in [-0.3, -0.25) is 4.79 Å². The first-order valence-electron chi connectivity index (χ1n) is 5.98. The molecule has 3 N–H and O–H groups in total. The molecule has 0 aliphatic rings. The highest BCUT2D eigenvalue weighted by Gasteiger charge is 2.00. The van der Waals surface area contributed by atoms with E-state index < -0.39 is 5.97 Å². The Hall–Kier alpha value is -1.56. The van der Waals surface area contributed by atoms with E-state index in [4.69, 9.17) is 9.84 Å². The van der Waals surface area contributed by atoms with Crippen LogP contribution in [0.1, 0.15) is 26.2 Å². The van der Waals surface area contributed by atoms with Crippen molar-refractivity contribution < 1.29 is 19.4 Å². The quantitative estimate of drug-likeness (QED) is 0.405. The first-order valence-corrected chi connectivity index (χ1v) is 5.98. The molecular weight excluding hydrogens is 236 g/mol. The average molecular weight is 258 g/mol. The number of urea groups is 1. The van der Waals surface area contributed by atoms with Gasteiger partial charge in [0.25, 0.3) is 0 Å². The van der Waals surface area contributed by atoms with E-state index in [1.807, 2.05) is 6.92 Å². The molecular formula is C12H22N2O4. The predicted octanol–water partition coefficient (Wildman–Crippen LogP) is 1.13. The Labute approximate surface area is 107 Å². The molecule has 104 valence electrons. The van der Waals surface area contributed by atoms with Gasteiger partial charge in [0.2, 0.25) is 0 Å². The van der Waals surface area contributed by atoms with Crippen LogP contribution in [0.2, 0.25) is 0 Å². The van der Waals surface area contributed by atoms with Crippen LogP contribution in [0.4, 0.5) is 4.79 Å². The molecule has 0 aromatic carbocycles. The predicted molar refractivity (Wildman–Crippen MR) is 68.5 cm³/mol. The van der Waals surface area contributed by atoms with E-state index in [0.29, 0.717) is 39.1 Å². The number of carboxylic acids is 1. The third kappa shape index (κ3) is 12.5. The number of carbonyl (C=O) groups is 2. The molecule has 0 aromatic rings. The Morgan fingerprint density at radius 1 is 1.22 bits per heavy atom. The summed E-state index contributed by atoms with van der Waals surface area (Å²) < 4.78 is 5.21. The number of nitrogens with one attached hydrogen (secondary N) is 2. The van der Waals surface area contributed by atoms with Crippen molar-refractivity contribution in [3.05, 3.63) is 12.2 Å². The van der Waals surface area contributed by atoms with Gasteiger partial charge in [-0.2, -0.15) is 0 Å². The molecule has 0 aromatic heterocycles. The van der Waals surface area contributed by atoms with Crippen molar-refractivity contribution in [3.63, 3.8) is 0 Å². The number of hydrogen-bond acceptors (Lipinski definition) is 3. The van der Waals surface area contributed by atoms with Crippen LogP contribution in [0, 0.1) is 0 Å². The highest BCUT2D eigenvalue weighted by Crippen LogP contribution is 1.93. The van der Waals surface area contributed by atoms with Crippen LogP contribution in [0.15, 0.2) is 12.2 Å². The number of hydrogen-bond donors (Lipinski definition) is 3. The normalized spacial score (nSPS) is 9.83. The van der Waals surface area contributed by atoms with Crippen LogP contribution in [-0.2, 0) is 9.53 Å². The van der Waals surface area contributed by atoms with E-state index in [0.717, 1.165) is 5.57 Å². The molecule has 6 heteroatoms. The summed E-state index contributed by atoms with van der Waals surface area (Å²) >= 11 is 0. The minimum absolute atomic E-state index is 0.137. The lowest BCUT2D eigenvalue weighted by atomic mass is 10.2. The Balaban J connectivity index is 3.27. The largest absolute Gasteiger partial charge is 0.481 e. The maximum Gasteiger partial charge on any atom is 0.314 e. The maximum atomic E-state index is 11.2. The first-order chi connectivity index (χ1) is 8.52. The molecule has 6 nitrogen and oxygen atoms in total. The Morgan fingerprint density at radius 2 is 1.89 bits per heavy atom. The van der Waals surface area contributed by atoms with Gasteiger partial charge in [-0.15, -0.1) is 0 Å². The molecule has 0 saturated carbocycles. The van der Waals surface area contributed by atoms with Gasteiger partial charge < -0.3 is 20.5 Å². The number of carboxylic acid groups (broad SMARTS) is 1. The number of carbonyl (C=O) groups excluding carboxylic acids is 1. The second-order valence-electron chi connectivity index (χ2n) is 4.04. The third-order valence-corrected chi connectivity index (χ3v) is 1.98. The van der Waals surface area contributed by atoms with Crippen LogP contribution < -0.4 is 10.6 Å². The molecule has 0 radical (unpaired) electrons. The van der Waals surface area contributed by atoms with Gasteiger partial charge in [-0.1, -0.05) is 12.2 Å². The smallest absolute Gasteiger partial charge is 0.314 e. The lowest BCUT2D eigenvalue weighted by Crippen LogP contribution is -2.37. The van der Waals surface area contributed by atoms with Crippen molar-refractivity contribution in [2.75, 3.05) is 26.3 Å². The standard InChI is InChI=1S/C12H22N2O4/c1-10(2)9-18-8-7-14-12(17)13-6-4-3-5-11(15)16/h1,3-9H2,2H3,(H,15,16)(H2,13,14,17).